The number of ether oxygens (including phenoxy) is 1. The largest absolute Gasteiger partial charge is 0.495 e. The maximum atomic E-state index is 13.0. The smallest absolute Gasteiger partial charge is 0.230 e. The van der Waals surface area contributed by atoms with Crippen LogP contribution in [0, 0.1) is 0 Å². The zero-order chi connectivity index (χ0) is 27.1. The lowest BCUT2D eigenvalue weighted by Crippen LogP contribution is -2.16. The molecule has 6 rings (SSSR count). The second kappa shape index (κ2) is 9.45. The molecule has 11 heteroatoms. The predicted molar refractivity (Wildman–Crippen MR) is 151 cm³/mol. The molecule has 1 amide bonds. The van der Waals surface area contributed by atoms with Crippen LogP contribution in [0.2, 0.25) is 0 Å². The van der Waals surface area contributed by atoms with Gasteiger partial charge in [0, 0.05) is 41.8 Å². The average molecular weight is 520 g/mol. The molecule has 4 aromatic heterocycles. The molecule has 0 fully saturated rings. The van der Waals surface area contributed by atoms with Gasteiger partial charge in [0.15, 0.2) is 11.5 Å². The zero-order valence-corrected chi connectivity index (χ0v) is 21.3. The van der Waals surface area contributed by atoms with Crippen LogP contribution in [-0.4, -0.2) is 42.3 Å². The van der Waals surface area contributed by atoms with Crippen LogP contribution in [0.25, 0.3) is 39.0 Å². The lowest BCUT2D eigenvalue weighted by atomic mass is 10.1. The molecule has 4 heterocycles. The topological polar surface area (TPSA) is 152 Å². The summed E-state index contributed by atoms with van der Waals surface area (Å²) in [7, 11) is 3.50. The summed E-state index contributed by atoms with van der Waals surface area (Å²) >= 11 is 0. The molecule has 0 aliphatic rings. The molecule has 0 bridgehead atoms. The Morgan fingerprint density at radius 2 is 1.87 bits per heavy atom. The molecule has 0 saturated heterocycles. The van der Waals surface area contributed by atoms with Crippen molar-refractivity contribution in [2.24, 2.45) is 7.05 Å². The van der Waals surface area contributed by atoms with Gasteiger partial charge in [0.25, 0.3) is 0 Å². The number of pyridine rings is 1. The van der Waals surface area contributed by atoms with Gasteiger partial charge in [0.1, 0.15) is 23.6 Å². The van der Waals surface area contributed by atoms with Gasteiger partial charge in [-0.1, -0.05) is 24.3 Å². The summed E-state index contributed by atoms with van der Waals surface area (Å²) in [5.74, 6) is 1.08. The Morgan fingerprint density at radius 3 is 2.67 bits per heavy atom. The van der Waals surface area contributed by atoms with Crippen molar-refractivity contribution < 1.29 is 9.53 Å². The molecule has 0 spiro atoms. The van der Waals surface area contributed by atoms with E-state index in [4.69, 9.17) is 21.3 Å². The number of hydrogen-bond acceptors (Lipinski definition) is 8. The second-order valence-electron chi connectivity index (χ2n) is 9.06. The molecule has 2 aromatic carbocycles. The zero-order valence-electron chi connectivity index (χ0n) is 21.3. The van der Waals surface area contributed by atoms with Gasteiger partial charge in [-0.05, 0) is 35.7 Å². The van der Waals surface area contributed by atoms with Crippen molar-refractivity contribution in [2.75, 3.05) is 23.9 Å². The maximum Gasteiger partial charge on any atom is 0.230 e. The molecule has 5 N–H and O–H groups in total. The molecule has 11 nitrogen and oxygen atoms in total. The number of anilines is 3. The number of nitrogens with two attached hydrogens (primary N) is 2. The number of amides is 1. The number of carbonyl (C=O) groups excluding carboxylic acids is 1. The van der Waals surface area contributed by atoms with Crippen molar-refractivity contribution in [1.29, 1.82) is 0 Å². The molecule has 0 aliphatic heterocycles. The maximum absolute atomic E-state index is 13.0. The van der Waals surface area contributed by atoms with Crippen LogP contribution in [0.4, 0.5) is 17.2 Å². The number of carbonyl (C=O) groups is 1. The molecule has 0 saturated carbocycles. The van der Waals surface area contributed by atoms with E-state index in [-0.39, 0.29) is 18.1 Å². The summed E-state index contributed by atoms with van der Waals surface area (Å²) in [5.41, 5.74) is 17.0. The fraction of sp³-hybridized carbons (Fsp3) is 0.107. The third-order valence-electron chi connectivity index (χ3n) is 6.62. The van der Waals surface area contributed by atoms with Crippen LogP contribution in [0.3, 0.4) is 0 Å². The third kappa shape index (κ3) is 4.25. The van der Waals surface area contributed by atoms with E-state index in [2.05, 4.69) is 20.3 Å². The standard InChI is InChI=1S/C28H25N9O2/c1-36-19(11-16-5-3-4-6-21(16)36)14-24(38)34-20-8-7-17(12-22(20)39-2)26-25-27(30)32-15-33-28(25)37(35-26)23-13-18(29)9-10-31-23/h3-13,15H,14H2,1-2H3,(H2,29,31)(H,34,38)(H2,30,32,33). The van der Waals surface area contributed by atoms with Crippen LogP contribution in [0.5, 0.6) is 5.75 Å². The Morgan fingerprint density at radius 1 is 1.03 bits per heavy atom. The summed E-state index contributed by atoms with van der Waals surface area (Å²) in [4.78, 5) is 25.9. The number of aryl methyl sites for hydroxylation is 1. The summed E-state index contributed by atoms with van der Waals surface area (Å²) in [6.45, 7) is 0. The number of nitrogens with one attached hydrogen (secondary N) is 1. The van der Waals surface area contributed by atoms with Gasteiger partial charge in [-0.3, -0.25) is 4.79 Å². The fourth-order valence-corrected chi connectivity index (χ4v) is 4.70. The molecule has 0 unspecified atom stereocenters. The summed E-state index contributed by atoms with van der Waals surface area (Å²) in [6.07, 6.45) is 3.19. The number of nitrogen functional groups attached to an aromatic ring is 2. The quantitative estimate of drug-likeness (QED) is 0.301. The van der Waals surface area contributed by atoms with Gasteiger partial charge in [0.05, 0.1) is 24.6 Å². The van der Waals surface area contributed by atoms with Crippen LogP contribution >= 0.6 is 0 Å². The normalized spacial score (nSPS) is 11.2. The van der Waals surface area contributed by atoms with E-state index in [0.717, 1.165) is 16.6 Å². The molecular weight excluding hydrogens is 494 g/mol. The minimum absolute atomic E-state index is 0.160. The lowest BCUT2D eigenvalue weighted by Gasteiger charge is -2.12. The third-order valence-corrected chi connectivity index (χ3v) is 6.62. The van der Waals surface area contributed by atoms with Crippen molar-refractivity contribution in [1.82, 2.24) is 29.3 Å². The van der Waals surface area contributed by atoms with E-state index in [1.54, 1.807) is 42.3 Å². The number of benzene rings is 2. The Kier molecular flexibility index (Phi) is 5.80. The molecule has 194 valence electrons. The average Bonchev–Trinajstić information content (AvgIpc) is 3.48. The number of rotatable bonds is 6. The van der Waals surface area contributed by atoms with Crippen molar-refractivity contribution in [3.63, 3.8) is 0 Å². The number of para-hydroxylation sites is 1. The number of aromatic nitrogens is 6. The van der Waals surface area contributed by atoms with E-state index in [1.807, 2.05) is 48.0 Å². The van der Waals surface area contributed by atoms with E-state index in [1.165, 1.54) is 6.33 Å². The van der Waals surface area contributed by atoms with Gasteiger partial charge in [-0.15, -0.1) is 0 Å². The number of nitrogens with zero attached hydrogens (tertiary/aromatic N) is 6. The van der Waals surface area contributed by atoms with E-state index in [0.29, 0.717) is 45.2 Å². The highest BCUT2D eigenvalue weighted by Crippen LogP contribution is 2.36. The Balaban J connectivity index is 1.34. The summed E-state index contributed by atoms with van der Waals surface area (Å²) < 4.78 is 9.23. The highest BCUT2D eigenvalue weighted by molar-refractivity contribution is 6.00. The summed E-state index contributed by atoms with van der Waals surface area (Å²) in [5, 5.41) is 9.38. The van der Waals surface area contributed by atoms with Crippen LogP contribution < -0.4 is 21.5 Å². The summed E-state index contributed by atoms with van der Waals surface area (Å²) in [6, 6.07) is 18.8. The Labute approximate surface area is 223 Å². The SMILES string of the molecule is COc1cc(-c2nn(-c3cc(N)ccn3)c3ncnc(N)c23)ccc1NC(=O)Cc1cc2ccccc2n1C. The van der Waals surface area contributed by atoms with Gasteiger partial charge >= 0.3 is 0 Å². The van der Waals surface area contributed by atoms with Crippen molar-refractivity contribution in [3.05, 3.63) is 78.9 Å². The highest BCUT2D eigenvalue weighted by Gasteiger charge is 2.20. The number of methoxy groups -OCH3 is 1. The highest BCUT2D eigenvalue weighted by atomic mass is 16.5. The van der Waals surface area contributed by atoms with Crippen molar-refractivity contribution in [2.45, 2.75) is 6.42 Å². The lowest BCUT2D eigenvalue weighted by molar-refractivity contribution is -0.115. The van der Waals surface area contributed by atoms with Gasteiger partial charge in [-0.25, -0.2) is 15.0 Å². The monoisotopic (exact) mass is 519 g/mol. The molecule has 0 atom stereocenters. The first-order chi connectivity index (χ1) is 18.9. The second-order valence-corrected chi connectivity index (χ2v) is 9.06. The van der Waals surface area contributed by atoms with Crippen LogP contribution in [0.15, 0.2) is 73.2 Å². The minimum Gasteiger partial charge on any atom is -0.495 e. The van der Waals surface area contributed by atoms with Crippen molar-refractivity contribution >= 4 is 45.0 Å². The van der Waals surface area contributed by atoms with E-state index >= 15 is 0 Å². The first-order valence-electron chi connectivity index (χ1n) is 12.2. The van der Waals surface area contributed by atoms with Crippen LogP contribution in [-0.2, 0) is 18.3 Å². The molecule has 0 aliphatic carbocycles. The van der Waals surface area contributed by atoms with Gasteiger partial charge in [0.2, 0.25) is 5.91 Å². The first-order valence-corrected chi connectivity index (χ1v) is 12.2. The van der Waals surface area contributed by atoms with Gasteiger partial charge < -0.3 is 26.1 Å². The fourth-order valence-electron chi connectivity index (χ4n) is 4.70. The molecule has 0 radical (unpaired) electrons. The molecule has 39 heavy (non-hydrogen) atoms. The van der Waals surface area contributed by atoms with E-state index in [9.17, 15) is 4.79 Å². The molecule has 6 aromatic rings. The number of fused-ring (bicyclic) bond motifs is 2. The predicted octanol–water partition coefficient (Wildman–Crippen LogP) is 3.72. The van der Waals surface area contributed by atoms with Crippen molar-refractivity contribution in [3.8, 4) is 22.8 Å². The number of hydrogen-bond donors (Lipinski definition) is 3. The molecular formula is C28H25N9O2. The van der Waals surface area contributed by atoms with Gasteiger partial charge in [-0.2, -0.15) is 9.78 Å². The Hall–Kier alpha value is -5.45. The van der Waals surface area contributed by atoms with Crippen LogP contribution in [0.1, 0.15) is 5.69 Å². The minimum atomic E-state index is -0.160. The Bertz CT molecular complexity index is 1870. The van der Waals surface area contributed by atoms with E-state index < -0.39 is 0 Å². The first kappa shape index (κ1) is 23.9.